The molecule has 1 heterocycles. The van der Waals surface area contributed by atoms with Crippen LogP contribution in [0.1, 0.15) is 23.5 Å². The molecule has 1 aliphatic rings. The van der Waals surface area contributed by atoms with Crippen molar-refractivity contribution in [2.45, 2.75) is 17.2 Å². The van der Waals surface area contributed by atoms with Crippen LogP contribution in [-0.4, -0.2) is 38.9 Å². The first-order valence-corrected chi connectivity index (χ1v) is 11.3. The number of rotatable bonds is 6. The van der Waals surface area contributed by atoms with Crippen LogP contribution < -0.4 is 0 Å². The van der Waals surface area contributed by atoms with Gasteiger partial charge in [0, 0.05) is 49.0 Å². The minimum absolute atomic E-state index is 0.00419. The SMILES string of the molecule is CN1C=C(C(=O)CC(c2cccc(S(C)(=O)=O)c2)c2ccc(Cl)cc2F)C=CC1. The summed E-state index contributed by atoms with van der Waals surface area (Å²) in [7, 11) is -1.58. The van der Waals surface area contributed by atoms with Gasteiger partial charge in [0.2, 0.25) is 0 Å². The fourth-order valence-electron chi connectivity index (χ4n) is 3.30. The van der Waals surface area contributed by atoms with Crippen LogP contribution in [0.4, 0.5) is 4.39 Å². The number of halogens is 2. The van der Waals surface area contributed by atoms with Gasteiger partial charge in [-0.2, -0.15) is 0 Å². The lowest BCUT2D eigenvalue weighted by Crippen LogP contribution is -2.19. The second kappa shape index (κ2) is 8.51. The zero-order valence-electron chi connectivity index (χ0n) is 16.1. The van der Waals surface area contributed by atoms with Crippen molar-refractivity contribution in [2.24, 2.45) is 0 Å². The molecule has 4 nitrogen and oxygen atoms in total. The predicted octanol–water partition coefficient (Wildman–Crippen LogP) is 4.36. The molecule has 0 saturated heterocycles. The van der Waals surface area contributed by atoms with Gasteiger partial charge in [-0.1, -0.05) is 42.0 Å². The van der Waals surface area contributed by atoms with E-state index in [1.807, 2.05) is 18.0 Å². The first-order valence-electron chi connectivity index (χ1n) is 9.02. The highest BCUT2D eigenvalue weighted by atomic mass is 35.5. The van der Waals surface area contributed by atoms with Gasteiger partial charge in [0.15, 0.2) is 15.6 Å². The molecule has 0 N–H and O–H groups in total. The van der Waals surface area contributed by atoms with E-state index in [-0.39, 0.29) is 22.1 Å². The first-order chi connectivity index (χ1) is 13.6. The number of allylic oxidation sites excluding steroid dienone is 2. The number of sulfone groups is 1. The van der Waals surface area contributed by atoms with Crippen LogP contribution in [-0.2, 0) is 14.6 Å². The quantitative estimate of drug-likeness (QED) is 0.679. The van der Waals surface area contributed by atoms with Crippen molar-refractivity contribution >= 4 is 27.2 Å². The highest BCUT2D eigenvalue weighted by molar-refractivity contribution is 7.90. The number of Topliss-reactive ketones (excluding diaryl/α,β-unsaturated/α-hetero) is 1. The smallest absolute Gasteiger partial charge is 0.175 e. The number of hydrogen-bond acceptors (Lipinski definition) is 4. The van der Waals surface area contributed by atoms with E-state index in [4.69, 9.17) is 11.6 Å². The summed E-state index contributed by atoms with van der Waals surface area (Å²) >= 11 is 5.89. The van der Waals surface area contributed by atoms with E-state index in [1.54, 1.807) is 36.5 Å². The van der Waals surface area contributed by atoms with E-state index in [0.717, 1.165) is 6.26 Å². The Bertz CT molecular complexity index is 1110. The van der Waals surface area contributed by atoms with Crippen LogP contribution in [0.25, 0.3) is 0 Å². The van der Waals surface area contributed by atoms with Crippen LogP contribution >= 0.6 is 11.6 Å². The molecule has 7 heteroatoms. The summed E-state index contributed by atoms with van der Waals surface area (Å²) < 4.78 is 38.7. The monoisotopic (exact) mass is 433 g/mol. The Morgan fingerprint density at radius 3 is 2.66 bits per heavy atom. The van der Waals surface area contributed by atoms with Crippen molar-refractivity contribution in [3.63, 3.8) is 0 Å². The van der Waals surface area contributed by atoms with Crippen molar-refractivity contribution in [3.05, 3.63) is 88.4 Å². The van der Waals surface area contributed by atoms with Gasteiger partial charge in [-0.15, -0.1) is 0 Å². The molecule has 0 saturated carbocycles. The van der Waals surface area contributed by atoms with Gasteiger partial charge < -0.3 is 4.90 Å². The standard InChI is InChI=1S/C22H21ClFNO3S/c1-25-10-4-6-16(14-25)22(26)13-20(19-9-8-17(23)12-21(19)24)15-5-3-7-18(11-15)29(2,27)28/h3-9,11-12,14,20H,10,13H2,1-2H3. The average molecular weight is 434 g/mol. The highest BCUT2D eigenvalue weighted by Crippen LogP contribution is 2.33. The number of carbonyl (C=O) groups excluding carboxylic acids is 1. The largest absolute Gasteiger partial charge is 0.376 e. The third-order valence-corrected chi connectivity index (χ3v) is 6.13. The maximum atomic E-state index is 14.7. The number of likely N-dealkylation sites (N-methyl/N-ethyl adjacent to an activating group) is 1. The van der Waals surface area contributed by atoms with Gasteiger partial charge in [-0.25, -0.2) is 12.8 Å². The molecular formula is C22H21ClFNO3S. The van der Waals surface area contributed by atoms with Gasteiger partial charge in [-0.05, 0) is 35.4 Å². The lowest BCUT2D eigenvalue weighted by atomic mass is 9.85. The number of benzene rings is 2. The third-order valence-electron chi connectivity index (χ3n) is 4.79. The molecule has 0 aromatic heterocycles. The number of hydrogen-bond donors (Lipinski definition) is 0. The topological polar surface area (TPSA) is 54.5 Å². The summed E-state index contributed by atoms with van der Waals surface area (Å²) in [6, 6.07) is 10.6. The molecule has 0 aliphatic carbocycles. The Labute approximate surface area is 175 Å². The van der Waals surface area contributed by atoms with Crippen LogP contribution in [0.15, 0.2) is 71.3 Å². The fourth-order valence-corrected chi connectivity index (χ4v) is 4.14. The number of nitrogens with zero attached hydrogens (tertiary/aromatic N) is 1. The van der Waals surface area contributed by atoms with Crippen molar-refractivity contribution in [2.75, 3.05) is 19.8 Å². The molecule has 2 aromatic carbocycles. The molecule has 3 rings (SSSR count). The zero-order chi connectivity index (χ0) is 21.2. The van der Waals surface area contributed by atoms with E-state index in [9.17, 15) is 17.6 Å². The van der Waals surface area contributed by atoms with Gasteiger partial charge in [-0.3, -0.25) is 4.79 Å². The first kappa shape index (κ1) is 21.3. The molecular weight excluding hydrogens is 413 g/mol. The van der Waals surface area contributed by atoms with Crippen molar-refractivity contribution in [1.29, 1.82) is 0 Å². The predicted molar refractivity (Wildman–Crippen MR) is 112 cm³/mol. The molecule has 0 radical (unpaired) electrons. The van der Waals surface area contributed by atoms with E-state index in [1.165, 1.54) is 18.2 Å². The lowest BCUT2D eigenvalue weighted by Gasteiger charge is -2.21. The maximum Gasteiger partial charge on any atom is 0.175 e. The Morgan fingerprint density at radius 1 is 1.24 bits per heavy atom. The van der Waals surface area contributed by atoms with E-state index >= 15 is 0 Å². The second-order valence-electron chi connectivity index (χ2n) is 7.12. The van der Waals surface area contributed by atoms with Crippen molar-refractivity contribution in [3.8, 4) is 0 Å². The lowest BCUT2D eigenvalue weighted by molar-refractivity contribution is -0.115. The molecule has 2 aromatic rings. The van der Waals surface area contributed by atoms with Crippen molar-refractivity contribution in [1.82, 2.24) is 4.90 Å². The van der Waals surface area contributed by atoms with Crippen LogP contribution in [0.3, 0.4) is 0 Å². The molecule has 0 fully saturated rings. The van der Waals surface area contributed by atoms with Gasteiger partial charge in [0.25, 0.3) is 0 Å². The molecule has 29 heavy (non-hydrogen) atoms. The van der Waals surface area contributed by atoms with Gasteiger partial charge >= 0.3 is 0 Å². The highest BCUT2D eigenvalue weighted by Gasteiger charge is 2.24. The van der Waals surface area contributed by atoms with Crippen LogP contribution in [0.2, 0.25) is 5.02 Å². The van der Waals surface area contributed by atoms with E-state index < -0.39 is 21.6 Å². The Morgan fingerprint density at radius 2 is 2.00 bits per heavy atom. The number of carbonyl (C=O) groups is 1. The summed E-state index contributed by atoms with van der Waals surface area (Å²) in [5.41, 5.74) is 1.37. The molecule has 152 valence electrons. The minimum Gasteiger partial charge on any atom is -0.376 e. The summed E-state index contributed by atoms with van der Waals surface area (Å²) in [6.45, 7) is 0.711. The average Bonchev–Trinajstić information content (AvgIpc) is 2.66. The molecule has 1 aliphatic heterocycles. The van der Waals surface area contributed by atoms with Gasteiger partial charge in [0.1, 0.15) is 5.82 Å². The molecule has 1 unspecified atom stereocenters. The number of ketones is 1. The van der Waals surface area contributed by atoms with E-state index in [2.05, 4.69) is 0 Å². The Balaban J connectivity index is 2.05. The fraction of sp³-hybridized carbons (Fsp3) is 0.227. The van der Waals surface area contributed by atoms with Crippen LogP contribution in [0.5, 0.6) is 0 Å². The summed E-state index contributed by atoms with van der Waals surface area (Å²) in [5.74, 6) is -1.34. The second-order valence-corrected chi connectivity index (χ2v) is 9.57. The summed E-state index contributed by atoms with van der Waals surface area (Å²) in [5, 5.41) is 0.251. The molecule has 0 spiro atoms. The van der Waals surface area contributed by atoms with Gasteiger partial charge in [0.05, 0.1) is 4.90 Å². The minimum atomic E-state index is -3.44. The zero-order valence-corrected chi connectivity index (χ0v) is 17.7. The normalized spacial score (nSPS) is 15.2. The van der Waals surface area contributed by atoms with Crippen molar-refractivity contribution < 1.29 is 17.6 Å². The third kappa shape index (κ3) is 5.14. The molecule has 0 bridgehead atoms. The van der Waals surface area contributed by atoms with E-state index in [0.29, 0.717) is 23.2 Å². The Hall–Kier alpha value is -2.44. The Kier molecular flexibility index (Phi) is 6.24. The summed E-state index contributed by atoms with van der Waals surface area (Å²) in [6.07, 6.45) is 6.50. The van der Waals surface area contributed by atoms with Crippen LogP contribution in [0, 0.1) is 5.82 Å². The molecule has 1 atom stereocenters. The summed E-state index contributed by atoms with van der Waals surface area (Å²) in [4.78, 5) is 15.0. The maximum absolute atomic E-state index is 14.7. The molecule has 0 amide bonds.